The second-order valence-electron chi connectivity index (χ2n) is 8.35. The number of amides is 1. The standard InChI is InChI=1S/C22H23ClN6O4/c1-10(14-6-13-7-15(23)18(32-3)8-16(13)27-19(14)30)24-20-25-11(2)26-21(28-20)29-17(12-4-5-12)9-33-22(29)31/h6-8,10,12,17H,4-5,9H2,1-3H3,(H,27,30)(H,24,25,26,28)/t10-,17+/m0/s1. The van der Waals surface area contributed by atoms with E-state index in [1.54, 1.807) is 25.1 Å². The van der Waals surface area contributed by atoms with E-state index in [0.29, 0.717) is 40.2 Å². The smallest absolute Gasteiger partial charge is 0.417 e. The number of carbonyl (C=O) groups excluding carboxylic acids is 1. The van der Waals surface area contributed by atoms with E-state index >= 15 is 0 Å². The number of nitrogens with one attached hydrogen (secondary N) is 2. The highest BCUT2D eigenvalue weighted by molar-refractivity contribution is 6.32. The molecule has 2 N–H and O–H groups in total. The quantitative estimate of drug-likeness (QED) is 0.560. The van der Waals surface area contributed by atoms with Gasteiger partial charge in [-0.2, -0.15) is 15.0 Å². The van der Waals surface area contributed by atoms with Gasteiger partial charge in [-0.15, -0.1) is 0 Å². The van der Waals surface area contributed by atoms with E-state index in [0.717, 1.165) is 18.2 Å². The minimum Gasteiger partial charge on any atom is -0.495 e. The summed E-state index contributed by atoms with van der Waals surface area (Å²) in [5.41, 5.74) is 0.851. The number of carbonyl (C=O) groups is 1. The van der Waals surface area contributed by atoms with Crippen molar-refractivity contribution in [3.05, 3.63) is 45.0 Å². The normalized spacial score (nSPS) is 19.0. The molecule has 1 aromatic carbocycles. The fourth-order valence-electron chi connectivity index (χ4n) is 4.11. The molecule has 1 saturated carbocycles. The number of anilines is 2. The summed E-state index contributed by atoms with van der Waals surface area (Å²) >= 11 is 6.25. The molecule has 3 heterocycles. The van der Waals surface area contributed by atoms with Gasteiger partial charge in [0, 0.05) is 17.0 Å². The SMILES string of the molecule is COc1cc2[nH]c(=O)c([C@H](C)Nc3nc(C)nc(N4C(=O)OC[C@@H]4C4CC4)n3)cc2cc1Cl. The van der Waals surface area contributed by atoms with E-state index in [1.807, 2.05) is 6.92 Å². The number of H-pyrrole nitrogens is 1. The Bertz CT molecular complexity index is 1310. The summed E-state index contributed by atoms with van der Waals surface area (Å²) in [6.07, 6.45) is 1.67. The van der Waals surface area contributed by atoms with Crippen LogP contribution in [-0.2, 0) is 4.74 Å². The third kappa shape index (κ3) is 4.06. The molecule has 2 aromatic heterocycles. The topological polar surface area (TPSA) is 122 Å². The van der Waals surface area contributed by atoms with E-state index in [9.17, 15) is 9.59 Å². The fourth-order valence-corrected chi connectivity index (χ4v) is 4.36. The van der Waals surface area contributed by atoms with Crippen molar-refractivity contribution in [3.8, 4) is 5.75 Å². The van der Waals surface area contributed by atoms with Crippen molar-refractivity contribution in [3.63, 3.8) is 0 Å². The third-order valence-electron chi connectivity index (χ3n) is 5.98. The number of fused-ring (bicyclic) bond motifs is 1. The zero-order valence-electron chi connectivity index (χ0n) is 18.4. The van der Waals surface area contributed by atoms with Gasteiger partial charge in [0.15, 0.2) is 0 Å². The summed E-state index contributed by atoms with van der Waals surface area (Å²) in [5, 5.41) is 4.38. The van der Waals surface area contributed by atoms with E-state index < -0.39 is 12.1 Å². The summed E-state index contributed by atoms with van der Waals surface area (Å²) in [6, 6.07) is 4.71. The predicted octanol–water partition coefficient (Wildman–Crippen LogP) is 3.59. The second kappa shape index (κ2) is 8.18. The van der Waals surface area contributed by atoms with Crippen LogP contribution in [0.1, 0.15) is 37.2 Å². The van der Waals surface area contributed by atoms with Crippen molar-refractivity contribution in [2.75, 3.05) is 23.9 Å². The molecule has 1 saturated heterocycles. The lowest BCUT2D eigenvalue weighted by Crippen LogP contribution is -2.36. The molecule has 33 heavy (non-hydrogen) atoms. The minimum atomic E-state index is -0.449. The second-order valence-corrected chi connectivity index (χ2v) is 8.76. The van der Waals surface area contributed by atoms with Crippen LogP contribution in [0.3, 0.4) is 0 Å². The maximum Gasteiger partial charge on any atom is 0.417 e. The Labute approximate surface area is 194 Å². The van der Waals surface area contributed by atoms with Crippen LogP contribution in [0.2, 0.25) is 5.02 Å². The number of ether oxygens (including phenoxy) is 2. The van der Waals surface area contributed by atoms with Crippen molar-refractivity contribution >= 4 is 40.5 Å². The van der Waals surface area contributed by atoms with Gasteiger partial charge in [-0.3, -0.25) is 4.79 Å². The lowest BCUT2D eigenvalue weighted by Gasteiger charge is -2.20. The molecular weight excluding hydrogens is 448 g/mol. The molecule has 11 heteroatoms. The molecule has 10 nitrogen and oxygen atoms in total. The summed E-state index contributed by atoms with van der Waals surface area (Å²) in [4.78, 5) is 42.7. The van der Waals surface area contributed by atoms with Gasteiger partial charge in [-0.1, -0.05) is 11.6 Å². The van der Waals surface area contributed by atoms with Gasteiger partial charge in [0.25, 0.3) is 5.56 Å². The molecule has 0 radical (unpaired) electrons. The van der Waals surface area contributed by atoms with Crippen molar-refractivity contribution in [1.29, 1.82) is 0 Å². The molecule has 3 aromatic rings. The maximum absolute atomic E-state index is 12.8. The zero-order valence-corrected chi connectivity index (χ0v) is 19.1. The maximum atomic E-state index is 12.8. The number of aromatic nitrogens is 4. The molecule has 1 amide bonds. The largest absolute Gasteiger partial charge is 0.495 e. The molecule has 0 bridgehead atoms. The van der Waals surface area contributed by atoms with Crippen LogP contribution in [0.5, 0.6) is 5.75 Å². The van der Waals surface area contributed by atoms with Crippen LogP contribution in [0, 0.1) is 12.8 Å². The number of halogens is 1. The fraction of sp³-hybridized carbons (Fsp3) is 0.409. The summed E-state index contributed by atoms with van der Waals surface area (Å²) < 4.78 is 10.5. The Morgan fingerprint density at radius 3 is 2.76 bits per heavy atom. The Morgan fingerprint density at radius 1 is 1.24 bits per heavy atom. The highest BCUT2D eigenvalue weighted by Gasteiger charge is 2.45. The van der Waals surface area contributed by atoms with Crippen LogP contribution in [0.15, 0.2) is 23.0 Å². The monoisotopic (exact) mass is 470 g/mol. The molecule has 0 spiro atoms. The molecule has 0 unspecified atom stereocenters. The van der Waals surface area contributed by atoms with Crippen molar-refractivity contribution in [2.24, 2.45) is 5.92 Å². The Kier molecular flexibility index (Phi) is 5.32. The number of methoxy groups -OCH3 is 1. The first-order valence-electron chi connectivity index (χ1n) is 10.7. The molecule has 1 aliphatic carbocycles. The molecular formula is C22H23ClN6O4. The number of nitrogens with zero attached hydrogens (tertiary/aromatic N) is 4. The number of benzene rings is 1. The molecule has 5 rings (SSSR count). The van der Waals surface area contributed by atoms with E-state index in [1.165, 1.54) is 12.0 Å². The van der Waals surface area contributed by atoms with Crippen LogP contribution < -0.4 is 20.5 Å². The number of pyridine rings is 1. The number of hydrogen-bond donors (Lipinski definition) is 2. The average Bonchev–Trinajstić information content (AvgIpc) is 3.54. The first-order chi connectivity index (χ1) is 15.8. The van der Waals surface area contributed by atoms with Gasteiger partial charge in [-0.25, -0.2) is 9.69 Å². The highest BCUT2D eigenvalue weighted by atomic mass is 35.5. The third-order valence-corrected chi connectivity index (χ3v) is 6.28. The van der Waals surface area contributed by atoms with E-state index in [2.05, 4.69) is 25.3 Å². The first kappa shape index (κ1) is 21.4. The minimum absolute atomic E-state index is 0.0605. The van der Waals surface area contributed by atoms with E-state index in [4.69, 9.17) is 21.1 Å². The predicted molar refractivity (Wildman–Crippen MR) is 123 cm³/mol. The molecule has 2 atom stereocenters. The van der Waals surface area contributed by atoms with Gasteiger partial charge in [0.2, 0.25) is 11.9 Å². The highest BCUT2D eigenvalue weighted by Crippen LogP contribution is 2.39. The summed E-state index contributed by atoms with van der Waals surface area (Å²) in [7, 11) is 1.52. The number of rotatable bonds is 6. The zero-order chi connectivity index (χ0) is 23.3. The molecule has 172 valence electrons. The van der Waals surface area contributed by atoms with Gasteiger partial charge < -0.3 is 19.8 Å². The van der Waals surface area contributed by atoms with Crippen molar-refractivity contribution < 1.29 is 14.3 Å². The van der Waals surface area contributed by atoms with Crippen LogP contribution >= 0.6 is 11.6 Å². The Hall–Kier alpha value is -3.40. The number of hydrogen-bond acceptors (Lipinski definition) is 8. The molecule has 2 fully saturated rings. The molecule has 1 aliphatic heterocycles. The number of cyclic esters (lactones) is 1. The summed E-state index contributed by atoms with van der Waals surface area (Å²) in [6.45, 7) is 3.90. The van der Waals surface area contributed by atoms with Crippen molar-refractivity contribution in [1.82, 2.24) is 19.9 Å². The molecule has 2 aliphatic rings. The Balaban J connectivity index is 1.44. The number of aromatic amines is 1. The van der Waals surface area contributed by atoms with Crippen LogP contribution in [0.25, 0.3) is 10.9 Å². The van der Waals surface area contributed by atoms with Crippen LogP contribution in [0.4, 0.5) is 16.7 Å². The first-order valence-corrected chi connectivity index (χ1v) is 11.1. The van der Waals surface area contributed by atoms with Gasteiger partial charge in [0.05, 0.1) is 29.7 Å². The lowest BCUT2D eigenvalue weighted by atomic mass is 10.1. The van der Waals surface area contributed by atoms with Crippen molar-refractivity contribution in [2.45, 2.75) is 38.8 Å². The average molecular weight is 471 g/mol. The summed E-state index contributed by atoms with van der Waals surface area (Å²) in [5.74, 6) is 1.87. The van der Waals surface area contributed by atoms with E-state index in [-0.39, 0.29) is 23.5 Å². The lowest BCUT2D eigenvalue weighted by molar-refractivity contribution is 0.178. The van der Waals surface area contributed by atoms with Gasteiger partial charge in [0.1, 0.15) is 18.2 Å². The van der Waals surface area contributed by atoms with Crippen LogP contribution in [-0.4, -0.2) is 45.8 Å². The number of aryl methyl sites for hydroxylation is 1. The Morgan fingerprint density at radius 2 is 2.03 bits per heavy atom. The van der Waals surface area contributed by atoms with Gasteiger partial charge >= 0.3 is 6.09 Å². The van der Waals surface area contributed by atoms with Gasteiger partial charge in [-0.05, 0) is 44.7 Å².